The molecule has 1 fully saturated rings. The van der Waals surface area contributed by atoms with Gasteiger partial charge in [0.05, 0.1) is 13.2 Å². The van der Waals surface area contributed by atoms with Gasteiger partial charge in [-0.15, -0.1) is 0 Å². The maximum atomic E-state index is 5.88. The van der Waals surface area contributed by atoms with Crippen molar-refractivity contribution in [2.45, 2.75) is 39.4 Å². The minimum Gasteiger partial charge on any atom is -0.343 e. The standard InChI is InChI=1S/C14H20O2/c1-4-7-14(15-8-9-16-14)13-10-11(2)5-6-12(13)3/h5-6,10H,4,7-9H2,1-3H3. The molecular formula is C14H20O2. The first-order valence-electron chi connectivity index (χ1n) is 6.03. The van der Waals surface area contributed by atoms with Crippen LogP contribution in [0.1, 0.15) is 36.5 Å². The molecule has 88 valence electrons. The van der Waals surface area contributed by atoms with Crippen LogP contribution < -0.4 is 0 Å². The maximum absolute atomic E-state index is 5.88. The molecule has 1 aliphatic rings. The Hall–Kier alpha value is -0.860. The molecule has 1 aromatic rings. The van der Waals surface area contributed by atoms with E-state index in [9.17, 15) is 0 Å². The number of benzene rings is 1. The van der Waals surface area contributed by atoms with E-state index in [0.29, 0.717) is 13.2 Å². The predicted octanol–water partition coefficient (Wildman–Crippen LogP) is 3.30. The Morgan fingerprint density at radius 1 is 1.19 bits per heavy atom. The Labute approximate surface area is 97.6 Å². The van der Waals surface area contributed by atoms with Gasteiger partial charge in [-0.05, 0) is 19.4 Å². The van der Waals surface area contributed by atoms with Crippen molar-refractivity contribution in [1.82, 2.24) is 0 Å². The van der Waals surface area contributed by atoms with E-state index in [-0.39, 0.29) is 0 Å². The summed E-state index contributed by atoms with van der Waals surface area (Å²) in [6, 6.07) is 6.47. The highest BCUT2D eigenvalue weighted by Gasteiger charge is 2.38. The van der Waals surface area contributed by atoms with Crippen molar-refractivity contribution in [3.63, 3.8) is 0 Å². The second-order valence-corrected chi connectivity index (χ2v) is 4.52. The smallest absolute Gasteiger partial charge is 0.195 e. The zero-order valence-electron chi connectivity index (χ0n) is 10.4. The minimum atomic E-state index is -0.481. The van der Waals surface area contributed by atoms with Gasteiger partial charge in [-0.25, -0.2) is 0 Å². The van der Waals surface area contributed by atoms with E-state index in [1.54, 1.807) is 0 Å². The van der Waals surface area contributed by atoms with Gasteiger partial charge in [-0.2, -0.15) is 0 Å². The summed E-state index contributed by atoms with van der Waals surface area (Å²) in [4.78, 5) is 0. The van der Waals surface area contributed by atoms with Crippen molar-refractivity contribution in [1.29, 1.82) is 0 Å². The van der Waals surface area contributed by atoms with Gasteiger partial charge < -0.3 is 9.47 Å². The molecule has 1 aromatic carbocycles. The maximum Gasteiger partial charge on any atom is 0.195 e. The fourth-order valence-electron chi connectivity index (χ4n) is 2.36. The molecule has 1 heterocycles. The Morgan fingerprint density at radius 2 is 1.88 bits per heavy atom. The van der Waals surface area contributed by atoms with Crippen LogP contribution in [0.25, 0.3) is 0 Å². The molecule has 0 saturated carbocycles. The van der Waals surface area contributed by atoms with Crippen LogP contribution in [0.15, 0.2) is 18.2 Å². The zero-order chi connectivity index (χ0) is 11.6. The summed E-state index contributed by atoms with van der Waals surface area (Å²) in [5, 5.41) is 0. The normalized spacial score (nSPS) is 18.9. The van der Waals surface area contributed by atoms with Crippen molar-refractivity contribution in [2.75, 3.05) is 13.2 Å². The van der Waals surface area contributed by atoms with Gasteiger partial charge >= 0.3 is 0 Å². The average molecular weight is 220 g/mol. The number of rotatable bonds is 3. The van der Waals surface area contributed by atoms with Gasteiger partial charge in [-0.1, -0.05) is 37.1 Å². The second-order valence-electron chi connectivity index (χ2n) is 4.52. The summed E-state index contributed by atoms with van der Waals surface area (Å²) >= 11 is 0. The first-order chi connectivity index (χ1) is 7.68. The second kappa shape index (κ2) is 4.56. The summed E-state index contributed by atoms with van der Waals surface area (Å²) in [6.07, 6.45) is 1.99. The molecule has 0 radical (unpaired) electrons. The van der Waals surface area contributed by atoms with Gasteiger partial charge in [0, 0.05) is 12.0 Å². The zero-order valence-corrected chi connectivity index (χ0v) is 10.4. The molecule has 1 aliphatic heterocycles. The van der Waals surface area contributed by atoms with Crippen molar-refractivity contribution < 1.29 is 9.47 Å². The van der Waals surface area contributed by atoms with Gasteiger partial charge in [0.15, 0.2) is 5.79 Å². The van der Waals surface area contributed by atoms with Crippen molar-refractivity contribution >= 4 is 0 Å². The van der Waals surface area contributed by atoms with Gasteiger partial charge in [-0.3, -0.25) is 0 Å². The molecule has 0 spiro atoms. The largest absolute Gasteiger partial charge is 0.343 e. The van der Waals surface area contributed by atoms with E-state index < -0.39 is 5.79 Å². The van der Waals surface area contributed by atoms with Crippen LogP contribution in [0.2, 0.25) is 0 Å². The molecule has 0 aliphatic carbocycles. The molecule has 2 nitrogen and oxygen atoms in total. The summed E-state index contributed by atoms with van der Waals surface area (Å²) in [5.41, 5.74) is 3.71. The van der Waals surface area contributed by atoms with Crippen LogP contribution in [0.3, 0.4) is 0 Å². The van der Waals surface area contributed by atoms with Crippen LogP contribution in [0.4, 0.5) is 0 Å². The van der Waals surface area contributed by atoms with Crippen LogP contribution in [-0.2, 0) is 15.3 Å². The monoisotopic (exact) mass is 220 g/mol. The quantitative estimate of drug-likeness (QED) is 0.778. The molecule has 0 atom stereocenters. The predicted molar refractivity (Wildman–Crippen MR) is 64.4 cm³/mol. The summed E-state index contributed by atoms with van der Waals surface area (Å²) in [5.74, 6) is -0.481. The van der Waals surface area contributed by atoms with Crippen LogP contribution >= 0.6 is 0 Å². The molecule has 0 unspecified atom stereocenters. The highest BCUT2D eigenvalue weighted by molar-refractivity contribution is 5.34. The number of hydrogen-bond acceptors (Lipinski definition) is 2. The van der Waals surface area contributed by atoms with E-state index in [1.165, 1.54) is 16.7 Å². The molecule has 2 heteroatoms. The molecule has 0 bridgehead atoms. The summed E-state index contributed by atoms with van der Waals surface area (Å²) < 4.78 is 11.8. The summed E-state index contributed by atoms with van der Waals surface area (Å²) in [7, 11) is 0. The molecule has 0 aromatic heterocycles. The van der Waals surface area contributed by atoms with Crippen molar-refractivity contribution in [3.8, 4) is 0 Å². The third-order valence-corrected chi connectivity index (χ3v) is 3.14. The van der Waals surface area contributed by atoms with E-state index in [1.807, 2.05) is 0 Å². The highest BCUT2D eigenvalue weighted by atomic mass is 16.7. The molecule has 16 heavy (non-hydrogen) atoms. The molecule has 2 rings (SSSR count). The Morgan fingerprint density at radius 3 is 2.50 bits per heavy atom. The minimum absolute atomic E-state index is 0.481. The first-order valence-corrected chi connectivity index (χ1v) is 6.03. The van der Waals surface area contributed by atoms with E-state index in [4.69, 9.17) is 9.47 Å². The molecule has 0 amide bonds. The van der Waals surface area contributed by atoms with Crippen LogP contribution in [0, 0.1) is 13.8 Å². The molecule has 1 saturated heterocycles. The topological polar surface area (TPSA) is 18.5 Å². The number of ether oxygens (including phenoxy) is 2. The molecular weight excluding hydrogens is 200 g/mol. The van der Waals surface area contributed by atoms with Crippen molar-refractivity contribution in [3.05, 3.63) is 34.9 Å². The number of hydrogen-bond donors (Lipinski definition) is 0. The SMILES string of the molecule is CCCC1(c2cc(C)ccc2C)OCCO1. The summed E-state index contributed by atoms with van der Waals surface area (Å²) in [6.45, 7) is 7.80. The van der Waals surface area contributed by atoms with E-state index in [0.717, 1.165) is 12.8 Å². The fraction of sp³-hybridized carbons (Fsp3) is 0.571. The lowest BCUT2D eigenvalue weighted by Gasteiger charge is -2.29. The van der Waals surface area contributed by atoms with Gasteiger partial charge in [0.1, 0.15) is 0 Å². The lowest BCUT2D eigenvalue weighted by atomic mass is 9.95. The first kappa shape index (κ1) is 11.6. The van der Waals surface area contributed by atoms with Crippen molar-refractivity contribution in [2.24, 2.45) is 0 Å². The average Bonchev–Trinajstić information content (AvgIpc) is 2.72. The van der Waals surface area contributed by atoms with Gasteiger partial charge in [0.2, 0.25) is 0 Å². The van der Waals surface area contributed by atoms with Crippen LogP contribution in [0.5, 0.6) is 0 Å². The lowest BCUT2D eigenvalue weighted by molar-refractivity contribution is -0.171. The van der Waals surface area contributed by atoms with Gasteiger partial charge in [0.25, 0.3) is 0 Å². The van der Waals surface area contributed by atoms with E-state index >= 15 is 0 Å². The lowest BCUT2D eigenvalue weighted by Crippen LogP contribution is -2.28. The van der Waals surface area contributed by atoms with Crippen LogP contribution in [-0.4, -0.2) is 13.2 Å². The third kappa shape index (κ3) is 2.00. The Kier molecular flexibility index (Phi) is 3.31. The highest BCUT2D eigenvalue weighted by Crippen LogP contribution is 2.37. The third-order valence-electron chi connectivity index (χ3n) is 3.14. The molecule has 0 N–H and O–H groups in total. The fourth-order valence-corrected chi connectivity index (χ4v) is 2.36. The van der Waals surface area contributed by atoms with E-state index in [2.05, 4.69) is 39.0 Å². The number of aryl methyl sites for hydroxylation is 2. The Bertz CT molecular complexity index is 365. The Balaban J connectivity index is 2.42.